The molecule has 0 radical (unpaired) electrons. The molecule has 5 nitrogen and oxygen atoms in total. The minimum atomic E-state index is -0.446. The Balaban J connectivity index is 2.97. The number of halogens is 2. The maximum absolute atomic E-state index is 12.3. The molecule has 0 N–H and O–H groups in total. The first-order valence-electron chi connectivity index (χ1n) is 6.79. The molecule has 1 aromatic carbocycles. The van der Waals surface area contributed by atoms with E-state index in [4.69, 9.17) is 32.7 Å². The SMILES string of the molecule is COCCOC(=NC(=O)c1ccc(Cl)c(Cl)c1)N(C)C(C)C. The number of amidine groups is 1. The third-order valence-electron chi connectivity index (χ3n) is 2.96. The van der Waals surface area contributed by atoms with E-state index in [0.29, 0.717) is 28.8 Å². The van der Waals surface area contributed by atoms with E-state index in [1.54, 1.807) is 31.2 Å². The Labute approximate surface area is 140 Å². The Morgan fingerprint density at radius 2 is 1.95 bits per heavy atom. The number of methoxy groups -OCH3 is 1. The molecule has 0 saturated carbocycles. The van der Waals surface area contributed by atoms with Crippen LogP contribution in [0.4, 0.5) is 0 Å². The largest absolute Gasteiger partial charge is 0.462 e. The van der Waals surface area contributed by atoms with E-state index in [1.165, 1.54) is 6.07 Å². The monoisotopic (exact) mass is 346 g/mol. The zero-order valence-corrected chi connectivity index (χ0v) is 14.6. The van der Waals surface area contributed by atoms with E-state index in [2.05, 4.69) is 4.99 Å². The van der Waals surface area contributed by atoms with Crippen molar-refractivity contribution in [2.24, 2.45) is 4.99 Å². The Hall–Kier alpha value is -1.30. The number of ether oxygens (including phenoxy) is 2. The van der Waals surface area contributed by atoms with Crippen molar-refractivity contribution in [3.63, 3.8) is 0 Å². The van der Waals surface area contributed by atoms with Gasteiger partial charge in [-0.3, -0.25) is 4.79 Å². The molecular formula is C15H20Cl2N2O3. The molecule has 0 aromatic heterocycles. The second kappa shape index (κ2) is 8.98. The lowest BCUT2D eigenvalue weighted by molar-refractivity contribution is 0.0981. The minimum Gasteiger partial charge on any atom is -0.462 e. The molecular weight excluding hydrogens is 327 g/mol. The number of hydrogen-bond donors (Lipinski definition) is 0. The lowest BCUT2D eigenvalue weighted by Crippen LogP contribution is -2.36. The molecule has 0 bridgehead atoms. The molecule has 0 saturated heterocycles. The van der Waals surface area contributed by atoms with Crippen LogP contribution in [0, 0.1) is 0 Å². The second-order valence-electron chi connectivity index (χ2n) is 4.87. The van der Waals surface area contributed by atoms with Crippen LogP contribution in [-0.2, 0) is 9.47 Å². The molecule has 0 unspecified atom stereocenters. The highest BCUT2D eigenvalue weighted by Crippen LogP contribution is 2.23. The van der Waals surface area contributed by atoms with Gasteiger partial charge in [-0.15, -0.1) is 0 Å². The van der Waals surface area contributed by atoms with Crippen molar-refractivity contribution >= 4 is 35.1 Å². The zero-order valence-electron chi connectivity index (χ0n) is 13.1. The normalized spacial score (nSPS) is 11.7. The van der Waals surface area contributed by atoms with Gasteiger partial charge in [-0.05, 0) is 32.0 Å². The van der Waals surface area contributed by atoms with Gasteiger partial charge < -0.3 is 14.4 Å². The van der Waals surface area contributed by atoms with Gasteiger partial charge in [0.1, 0.15) is 6.61 Å². The van der Waals surface area contributed by atoms with Crippen LogP contribution in [0.2, 0.25) is 10.0 Å². The van der Waals surface area contributed by atoms with Gasteiger partial charge in [-0.2, -0.15) is 4.99 Å². The third kappa shape index (κ3) is 5.48. The van der Waals surface area contributed by atoms with E-state index >= 15 is 0 Å². The summed E-state index contributed by atoms with van der Waals surface area (Å²) in [4.78, 5) is 18.1. The first-order valence-corrected chi connectivity index (χ1v) is 7.55. The van der Waals surface area contributed by atoms with Crippen molar-refractivity contribution < 1.29 is 14.3 Å². The van der Waals surface area contributed by atoms with Crippen molar-refractivity contribution in [2.75, 3.05) is 27.4 Å². The van der Waals surface area contributed by atoms with Gasteiger partial charge >= 0.3 is 0 Å². The fraction of sp³-hybridized carbons (Fsp3) is 0.467. The zero-order chi connectivity index (χ0) is 16.7. The van der Waals surface area contributed by atoms with Crippen LogP contribution in [0.25, 0.3) is 0 Å². The smallest absolute Gasteiger partial charge is 0.295 e. The molecule has 7 heteroatoms. The number of rotatable bonds is 5. The average molecular weight is 347 g/mol. The topological polar surface area (TPSA) is 51.1 Å². The van der Waals surface area contributed by atoms with Gasteiger partial charge in [0.25, 0.3) is 11.9 Å². The van der Waals surface area contributed by atoms with Gasteiger partial charge in [0.05, 0.1) is 16.7 Å². The molecule has 0 spiro atoms. The Kier molecular flexibility index (Phi) is 7.65. The summed E-state index contributed by atoms with van der Waals surface area (Å²) in [6.45, 7) is 4.66. The minimum absolute atomic E-state index is 0.128. The highest BCUT2D eigenvalue weighted by molar-refractivity contribution is 6.42. The summed E-state index contributed by atoms with van der Waals surface area (Å²) in [6, 6.07) is 4.98. The molecule has 0 atom stereocenters. The Morgan fingerprint density at radius 3 is 2.50 bits per heavy atom. The molecule has 0 aliphatic rings. The van der Waals surface area contributed by atoms with E-state index in [-0.39, 0.29) is 12.1 Å². The number of benzene rings is 1. The van der Waals surface area contributed by atoms with Crippen molar-refractivity contribution in [1.82, 2.24) is 4.90 Å². The van der Waals surface area contributed by atoms with Gasteiger partial charge in [0.2, 0.25) is 0 Å². The van der Waals surface area contributed by atoms with Gasteiger partial charge in [0, 0.05) is 25.8 Å². The van der Waals surface area contributed by atoms with Crippen LogP contribution in [0.1, 0.15) is 24.2 Å². The number of carbonyl (C=O) groups is 1. The van der Waals surface area contributed by atoms with E-state index in [9.17, 15) is 4.79 Å². The molecule has 22 heavy (non-hydrogen) atoms. The lowest BCUT2D eigenvalue weighted by Gasteiger charge is -2.24. The van der Waals surface area contributed by atoms with Crippen molar-refractivity contribution in [1.29, 1.82) is 0 Å². The summed E-state index contributed by atoms with van der Waals surface area (Å²) in [6.07, 6.45) is 0. The van der Waals surface area contributed by atoms with Crippen molar-refractivity contribution in [3.8, 4) is 0 Å². The predicted molar refractivity (Wildman–Crippen MR) is 89.0 cm³/mol. The molecule has 0 heterocycles. The third-order valence-corrected chi connectivity index (χ3v) is 3.70. The van der Waals surface area contributed by atoms with E-state index in [1.807, 2.05) is 13.8 Å². The summed E-state index contributed by atoms with van der Waals surface area (Å²) in [5.41, 5.74) is 0.347. The first kappa shape index (κ1) is 18.7. The molecule has 1 rings (SSSR count). The highest BCUT2D eigenvalue weighted by Gasteiger charge is 2.15. The lowest BCUT2D eigenvalue weighted by atomic mass is 10.2. The molecule has 0 fully saturated rings. The molecule has 0 aliphatic carbocycles. The number of carbonyl (C=O) groups excluding carboxylic acids is 1. The maximum Gasteiger partial charge on any atom is 0.295 e. The Bertz CT molecular complexity index is 548. The van der Waals surface area contributed by atoms with Gasteiger partial charge in [0.15, 0.2) is 0 Å². The summed E-state index contributed by atoms with van der Waals surface area (Å²) < 4.78 is 10.5. The number of hydrogen-bond acceptors (Lipinski definition) is 3. The maximum atomic E-state index is 12.3. The van der Waals surface area contributed by atoms with Crippen LogP contribution < -0.4 is 0 Å². The van der Waals surface area contributed by atoms with Crippen LogP contribution in [-0.4, -0.2) is 50.2 Å². The van der Waals surface area contributed by atoms with Crippen LogP contribution in [0.5, 0.6) is 0 Å². The van der Waals surface area contributed by atoms with Crippen molar-refractivity contribution in [3.05, 3.63) is 33.8 Å². The van der Waals surface area contributed by atoms with Crippen molar-refractivity contribution in [2.45, 2.75) is 19.9 Å². The van der Waals surface area contributed by atoms with E-state index in [0.717, 1.165) is 0 Å². The standard InChI is InChI=1S/C15H20Cl2N2O3/c1-10(2)19(3)15(22-8-7-21-4)18-14(20)11-5-6-12(16)13(17)9-11/h5-6,9-10H,7-8H2,1-4H3. The Morgan fingerprint density at radius 1 is 1.27 bits per heavy atom. The van der Waals surface area contributed by atoms with Crippen LogP contribution in [0.15, 0.2) is 23.2 Å². The molecule has 0 aliphatic heterocycles. The number of aliphatic imine (C=N–C) groups is 1. The summed E-state index contributed by atoms with van der Waals surface area (Å²) in [5.74, 6) is -0.446. The predicted octanol–water partition coefficient (Wildman–Crippen LogP) is 3.49. The summed E-state index contributed by atoms with van der Waals surface area (Å²) in [5, 5.41) is 0.694. The van der Waals surface area contributed by atoms with Gasteiger partial charge in [-0.25, -0.2) is 0 Å². The first-order chi connectivity index (χ1) is 10.4. The molecule has 1 aromatic rings. The fourth-order valence-corrected chi connectivity index (χ4v) is 1.73. The number of nitrogens with zero attached hydrogens (tertiary/aromatic N) is 2. The second-order valence-corrected chi connectivity index (χ2v) is 5.69. The number of amides is 1. The summed E-state index contributed by atoms with van der Waals surface area (Å²) >= 11 is 11.8. The van der Waals surface area contributed by atoms with Crippen LogP contribution >= 0.6 is 23.2 Å². The van der Waals surface area contributed by atoms with Crippen LogP contribution in [0.3, 0.4) is 0 Å². The summed E-state index contributed by atoms with van der Waals surface area (Å²) in [7, 11) is 3.38. The fourth-order valence-electron chi connectivity index (χ4n) is 1.43. The quantitative estimate of drug-likeness (QED) is 0.465. The average Bonchev–Trinajstić information content (AvgIpc) is 2.48. The molecule has 122 valence electrons. The van der Waals surface area contributed by atoms with Gasteiger partial charge in [-0.1, -0.05) is 23.2 Å². The highest BCUT2D eigenvalue weighted by atomic mass is 35.5. The van der Waals surface area contributed by atoms with E-state index < -0.39 is 5.91 Å². The molecule has 1 amide bonds.